The summed E-state index contributed by atoms with van der Waals surface area (Å²) in [6, 6.07) is 16.3. The van der Waals surface area contributed by atoms with E-state index < -0.39 is 0 Å². The molecule has 0 saturated carbocycles. The lowest BCUT2D eigenvalue weighted by molar-refractivity contribution is -0.119. The molecule has 0 spiro atoms. The Morgan fingerprint density at radius 2 is 1.66 bits per heavy atom. The Balaban J connectivity index is 0.00000245. The Kier molecular flexibility index (Phi) is 7.17. The fraction of sp³-hybridized carbons (Fsp3) is 0.462. The second-order valence-corrected chi connectivity index (χ2v) is 9.16. The molecule has 3 aliphatic rings. The molecular weight excluding hydrogens is 422 g/mol. The smallest absolute Gasteiger partial charge is 0.254 e. The van der Waals surface area contributed by atoms with Crippen LogP contribution < -0.4 is 4.90 Å². The number of likely N-dealkylation sites (tertiary alicyclic amines) is 1. The van der Waals surface area contributed by atoms with Gasteiger partial charge in [-0.05, 0) is 68.0 Å². The second-order valence-electron chi connectivity index (χ2n) is 9.16. The number of para-hydroxylation sites is 1. The van der Waals surface area contributed by atoms with Crippen LogP contribution in [-0.2, 0) is 17.8 Å². The number of halogens is 1. The first kappa shape index (κ1) is 22.8. The van der Waals surface area contributed by atoms with Gasteiger partial charge in [-0.2, -0.15) is 0 Å². The van der Waals surface area contributed by atoms with E-state index in [1.807, 2.05) is 34.1 Å². The van der Waals surface area contributed by atoms with Gasteiger partial charge >= 0.3 is 0 Å². The van der Waals surface area contributed by atoms with Crippen molar-refractivity contribution in [3.05, 3.63) is 65.2 Å². The number of benzene rings is 2. The van der Waals surface area contributed by atoms with Crippen LogP contribution in [0, 0.1) is 5.92 Å². The van der Waals surface area contributed by atoms with Crippen LogP contribution >= 0.6 is 12.4 Å². The summed E-state index contributed by atoms with van der Waals surface area (Å²) in [6.07, 6.45) is 4.89. The van der Waals surface area contributed by atoms with Gasteiger partial charge in [0.1, 0.15) is 0 Å². The van der Waals surface area contributed by atoms with Crippen molar-refractivity contribution in [2.24, 2.45) is 5.92 Å². The molecule has 0 N–H and O–H groups in total. The maximum absolute atomic E-state index is 12.9. The molecule has 5 rings (SSSR count). The SMILES string of the molecule is Cl.O=C1c2ccccc2CN1CC1CCN(CCC(=O)N2CCCc3ccccc32)CC1. The quantitative estimate of drug-likeness (QED) is 0.683. The van der Waals surface area contributed by atoms with Crippen LogP contribution in [-0.4, -0.2) is 54.3 Å². The Labute approximate surface area is 196 Å². The first-order valence-electron chi connectivity index (χ1n) is 11.7. The first-order chi connectivity index (χ1) is 15.2. The van der Waals surface area contributed by atoms with Gasteiger partial charge in [-0.1, -0.05) is 36.4 Å². The molecule has 1 saturated heterocycles. The van der Waals surface area contributed by atoms with Crippen molar-refractivity contribution in [1.82, 2.24) is 9.80 Å². The molecule has 2 aromatic carbocycles. The molecule has 2 aromatic rings. The summed E-state index contributed by atoms with van der Waals surface area (Å²) in [4.78, 5) is 31.9. The van der Waals surface area contributed by atoms with Gasteiger partial charge < -0.3 is 14.7 Å². The van der Waals surface area contributed by atoms with Gasteiger partial charge in [-0.3, -0.25) is 9.59 Å². The number of anilines is 1. The minimum absolute atomic E-state index is 0. The zero-order valence-corrected chi connectivity index (χ0v) is 19.4. The number of aryl methyl sites for hydroxylation is 1. The summed E-state index contributed by atoms with van der Waals surface area (Å²) in [6.45, 7) is 5.31. The summed E-state index contributed by atoms with van der Waals surface area (Å²) in [5.74, 6) is 0.985. The van der Waals surface area contributed by atoms with E-state index in [-0.39, 0.29) is 24.2 Å². The lowest BCUT2D eigenvalue weighted by atomic mass is 9.96. The number of amides is 2. The highest BCUT2D eigenvalue weighted by molar-refractivity contribution is 5.98. The topological polar surface area (TPSA) is 43.9 Å². The van der Waals surface area contributed by atoms with Crippen molar-refractivity contribution in [2.45, 2.75) is 38.6 Å². The molecule has 0 bridgehead atoms. The van der Waals surface area contributed by atoms with Gasteiger partial charge in [0.15, 0.2) is 0 Å². The third-order valence-corrected chi connectivity index (χ3v) is 7.14. The van der Waals surface area contributed by atoms with Crippen LogP contribution in [0.15, 0.2) is 48.5 Å². The molecule has 0 radical (unpaired) electrons. The molecule has 32 heavy (non-hydrogen) atoms. The second kappa shape index (κ2) is 10.1. The normalized spacial score (nSPS) is 18.8. The van der Waals surface area contributed by atoms with Crippen molar-refractivity contribution in [3.63, 3.8) is 0 Å². The molecule has 0 aromatic heterocycles. The van der Waals surface area contributed by atoms with E-state index in [1.165, 1.54) is 5.56 Å². The predicted octanol–water partition coefficient (Wildman–Crippen LogP) is 4.15. The molecule has 6 heteroatoms. The predicted molar refractivity (Wildman–Crippen MR) is 129 cm³/mol. The highest BCUT2D eigenvalue weighted by Crippen LogP contribution is 2.28. The molecule has 3 heterocycles. The number of fused-ring (bicyclic) bond motifs is 2. The highest BCUT2D eigenvalue weighted by atomic mass is 35.5. The minimum Gasteiger partial charge on any atom is -0.334 e. The lowest BCUT2D eigenvalue weighted by Crippen LogP contribution is -2.41. The number of carbonyl (C=O) groups excluding carboxylic acids is 2. The molecule has 0 unspecified atom stereocenters. The molecule has 170 valence electrons. The van der Waals surface area contributed by atoms with Crippen LogP contribution in [0.4, 0.5) is 5.69 Å². The summed E-state index contributed by atoms with van der Waals surface area (Å²) < 4.78 is 0. The number of hydrogen-bond acceptors (Lipinski definition) is 3. The summed E-state index contributed by atoms with van der Waals surface area (Å²) >= 11 is 0. The van der Waals surface area contributed by atoms with E-state index in [2.05, 4.69) is 29.2 Å². The Morgan fingerprint density at radius 3 is 2.44 bits per heavy atom. The monoisotopic (exact) mass is 453 g/mol. The highest BCUT2D eigenvalue weighted by Gasteiger charge is 2.30. The first-order valence-corrected chi connectivity index (χ1v) is 11.7. The summed E-state index contributed by atoms with van der Waals surface area (Å²) in [5.41, 5.74) is 4.43. The van der Waals surface area contributed by atoms with Gasteiger partial charge in [0, 0.05) is 43.9 Å². The molecule has 0 atom stereocenters. The summed E-state index contributed by atoms with van der Waals surface area (Å²) in [7, 11) is 0. The lowest BCUT2D eigenvalue weighted by Gasteiger charge is -2.34. The van der Waals surface area contributed by atoms with Crippen molar-refractivity contribution in [2.75, 3.05) is 37.6 Å². The van der Waals surface area contributed by atoms with E-state index in [0.29, 0.717) is 12.3 Å². The third kappa shape index (κ3) is 4.69. The van der Waals surface area contributed by atoms with Crippen molar-refractivity contribution >= 4 is 29.9 Å². The molecule has 3 aliphatic heterocycles. The standard InChI is InChI=1S/C26H31N3O2.ClH/c30-25(29-14-5-8-21-6-2-4-10-24(21)29)13-17-27-15-11-20(12-16-27)18-28-19-22-7-1-3-9-23(22)26(28)31;/h1-4,6-7,9-10,20H,5,8,11-19H2;1H. The van der Waals surface area contributed by atoms with Gasteiger partial charge in [0.2, 0.25) is 5.91 Å². The van der Waals surface area contributed by atoms with E-state index in [1.54, 1.807) is 0 Å². The number of hydrogen-bond donors (Lipinski definition) is 0. The Morgan fingerprint density at radius 1 is 0.938 bits per heavy atom. The van der Waals surface area contributed by atoms with E-state index in [9.17, 15) is 9.59 Å². The number of nitrogens with zero attached hydrogens (tertiary/aromatic N) is 3. The molecule has 1 fully saturated rings. The van der Waals surface area contributed by atoms with Crippen LogP contribution in [0.25, 0.3) is 0 Å². The van der Waals surface area contributed by atoms with E-state index in [4.69, 9.17) is 0 Å². The average molecular weight is 454 g/mol. The molecule has 2 amide bonds. The van der Waals surface area contributed by atoms with E-state index in [0.717, 1.165) is 81.8 Å². The number of piperidine rings is 1. The maximum atomic E-state index is 12.9. The fourth-order valence-corrected chi connectivity index (χ4v) is 5.35. The van der Waals surface area contributed by atoms with Gasteiger partial charge in [-0.25, -0.2) is 0 Å². The van der Waals surface area contributed by atoms with Gasteiger partial charge in [0.05, 0.1) is 0 Å². The zero-order valence-electron chi connectivity index (χ0n) is 18.5. The average Bonchev–Trinajstić information content (AvgIpc) is 3.13. The maximum Gasteiger partial charge on any atom is 0.254 e. The third-order valence-electron chi connectivity index (χ3n) is 7.14. The fourth-order valence-electron chi connectivity index (χ4n) is 5.35. The Hall–Kier alpha value is -2.37. The van der Waals surface area contributed by atoms with Crippen LogP contribution in [0.2, 0.25) is 0 Å². The van der Waals surface area contributed by atoms with Gasteiger partial charge in [-0.15, -0.1) is 12.4 Å². The largest absolute Gasteiger partial charge is 0.334 e. The van der Waals surface area contributed by atoms with Crippen LogP contribution in [0.1, 0.15) is 47.2 Å². The molecule has 5 nitrogen and oxygen atoms in total. The van der Waals surface area contributed by atoms with Crippen molar-refractivity contribution in [1.29, 1.82) is 0 Å². The van der Waals surface area contributed by atoms with Crippen molar-refractivity contribution in [3.8, 4) is 0 Å². The van der Waals surface area contributed by atoms with Gasteiger partial charge in [0.25, 0.3) is 5.91 Å². The van der Waals surface area contributed by atoms with E-state index >= 15 is 0 Å². The zero-order chi connectivity index (χ0) is 21.2. The number of rotatable bonds is 5. The number of carbonyl (C=O) groups is 2. The Bertz CT molecular complexity index is 971. The van der Waals surface area contributed by atoms with Crippen LogP contribution in [0.3, 0.4) is 0 Å². The molecule has 0 aliphatic carbocycles. The minimum atomic E-state index is 0. The molecular formula is C26H32ClN3O2. The summed E-state index contributed by atoms with van der Waals surface area (Å²) in [5, 5.41) is 0. The van der Waals surface area contributed by atoms with Crippen LogP contribution in [0.5, 0.6) is 0 Å². The van der Waals surface area contributed by atoms with Crippen molar-refractivity contribution < 1.29 is 9.59 Å².